The van der Waals surface area contributed by atoms with Gasteiger partial charge >= 0.3 is 0 Å². The molecule has 3 aromatic rings. The average molecular weight is 443 g/mol. The fourth-order valence-corrected chi connectivity index (χ4v) is 6.38. The summed E-state index contributed by atoms with van der Waals surface area (Å²) < 4.78 is 31.1. The average Bonchev–Trinajstić information content (AvgIpc) is 3.26. The first-order valence-electron chi connectivity index (χ1n) is 10.0. The second-order valence-corrected chi connectivity index (χ2v) is 10.8. The first-order chi connectivity index (χ1) is 14.4. The zero-order valence-electron chi connectivity index (χ0n) is 17.5. The molecule has 1 fully saturated rings. The van der Waals surface area contributed by atoms with Crippen LogP contribution in [0.5, 0.6) is 5.75 Å². The van der Waals surface area contributed by atoms with E-state index in [9.17, 15) is 8.42 Å². The van der Waals surface area contributed by atoms with Gasteiger partial charge in [0, 0.05) is 24.0 Å². The van der Waals surface area contributed by atoms with Crippen LogP contribution in [0.3, 0.4) is 0 Å². The highest BCUT2D eigenvalue weighted by Crippen LogP contribution is 2.32. The van der Waals surface area contributed by atoms with Crippen LogP contribution in [0.25, 0.3) is 11.3 Å². The van der Waals surface area contributed by atoms with Gasteiger partial charge in [0.2, 0.25) is 0 Å². The van der Waals surface area contributed by atoms with Crippen molar-refractivity contribution in [3.8, 4) is 17.0 Å². The lowest BCUT2D eigenvalue weighted by Gasteiger charge is -2.31. The summed E-state index contributed by atoms with van der Waals surface area (Å²) in [6.07, 6.45) is 1.21. The van der Waals surface area contributed by atoms with Gasteiger partial charge in [-0.1, -0.05) is 12.1 Å². The molecule has 0 N–H and O–H groups in total. The summed E-state index contributed by atoms with van der Waals surface area (Å²) in [5, 5.41) is 2.68. The number of ether oxygens (including phenoxy) is 1. The van der Waals surface area contributed by atoms with Crippen molar-refractivity contribution >= 4 is 26.3 Å². The number of benzene rings is 2. The van der Waals surface area contributed by atoms with Gasteiger partial charge in [0.25, 0.3) is 0 Å². The van der Waals surface area contributed by atoms with Crippen LogP contribution < -0.4 is 9.64 Å². The van der Waals surface area contributed by atoms with E-state index in [4.69, 9.17) is 9.72 Å². The Balaban J connectivity index is 1.44. The fourth-order valence-electron chi connectivity index (χ4n) is 3.76. The van der Waals surface area contributed by atoms with E-state index in [0.717, 1.165) is 16.4 Å². The molecular weight excluding hydrogens is 416 g/mol. The van der Waals surface area contributed by atoms with E-state index in [-0.39, 0.29) is 5.25 Å². The summed E-state index contributed by atoms with van der Waals surface area (Å²) in [7, 11) is -1.77. The summed E-state index contributed by atoms with van der Waals surface area (Å²) in [5.74, 6) is 0.659. The predicted molar refractivity (Wildman–Crippen MR) is 122 cm³/mol. The van der Waals surface area contributed by atoms with Crippen LogP contribution in [0.4, 0.5) is 5.13 Å². The summed E-state index contributed by atoms with van der Waals surface area (Å²) >= 11 is 1.62. The Bertz CT molecular complexity index is 1130. The first kappa shape index (κ1) is 20.9. The third kappa shape index (κ3) is 4.09. The van der Waals surface area contributed by atoms with Gasteiger partial charge in [0.05, 0.1) is 22.9 Å². The smallest absolute Gasteiger partial charge is 0.185 e. The van der Waals surface area contributed by atoms with E-state index in [1.165, 1.54) is 11.1 Å². The molecule has 0 bridgehead atoms. The number of anilines is 1. The summed E-state index contributed by atoms with van der Waals surface area (Å²) in [5.41, 5.74) is 4.63. The molecule has 0 unspecified atom stereocenters. The fraction of sp³-hybridized carbons (Fsp3) is 0.348. The molecule has 2 heterocycles. The molecule has 2 aromatic carbocycles. The van der Waals surface area contributed by atoms with Crippen molar-refractivity contribution < 1.29 is 13.2 Å². The van der Waals surface area contributed by atoms with Gasteiger partial charge in [-0.15, -0.1) is 11.3 Å². The number of rotatable bonds is 5. The monoisotopic (exact) mass is 442 g/mol. The molecule has 0 aliphatic carbocycles. The van der Waals surface area contributed by atoms with Gasteiger partial charge in [-0.2, -0.15) is 0 Å². The standard InChI is InChI=1S/C23H26N2O3S2/c1-16-4-5-18(14-17(16)2)22-15-29-23(24-22)25-12-10-21(11-13-25)30(26,27)20-8-6-19(28-3)7-9-20/h4-9,14-15,21H,10-13H2,1-3H3. The van der Waals surface area contributed by atoms with Crippen molar-refractivity contribution in [1.82, 2.24) is 4.98 Å². The number of methoxy groups -OCH3 is 1. The maximum atomic E-state index is 13.0. The summed E-state index contributed by atoms with van der Waals surface area (Å²) in [4.78, 5) is 7.39. The molecule has 1 aromatic heterocycles. The van der Waals surface area contributed by atoms with E-state index in [2.05, 4.69) is 42.3 Å². The third-order valence-electron chi connectivity index (χ3n) is 5.83. The van der Waals surface area contributed by atoms with E-state index in [0.29, 0.717) is 36.6 Å². The number of sulfone groups is 1. The van der Waals surface area contributed by atoms with E-state index >= 15 is 0 Å². The molecule has 0 amide bonds. The van der Waals surface area contributed by atoms with Crippen molar-refractivity contribution in [2.45, 2.75) is 36.8 Å². The lowest BCUT2D eigenvalue weighted by atomic mass is 10.1. The van der Waals surface area contributed by atoms with Crippen LogP contribution in [0.15, 0.2) is 52.7 Å². The van der Waals surface area contributed by atoms with Crippen LogP contribution >= 0.6 is 11.3 Å². The van der Waals surface area contributed by atoms with Crippen LogP contribution in [0.1, 0.15) is 24.0 Å². The Morgan fingerprint density at radius 3 is 2.37 bits per heavy atom. The maximum absolute atomic E-state index is 13.0. The first-order valence-corrected chi connectivity index (χ1v) is 12.5. The zero-order valence-corrected chi connectivity index (χ0v) is 19.1. The highest BCUT2D eigenvalue weighted by Gasteiger charge is 2.32. The minimum atomic E-state index is -3.34. The van der Waals surface area contributed by atoms with Crippen molar-refractivity contribution in [1.29, 1.82) is 0 Å². The van der Waals surface area contributed by atoms with Crippen molar-refractivity contribution in [2.24, 2.45) is 0 Å². The summed E-state index contributed by atoms with van der Waals surface area (Å²) in [6.45, 7) is 5.61. The topological polar surface area (TPSA) is 59.5 Å². The van der Waals surface area contributed by atoms with Gasteiger partial charge in [0.1, 0.15) is 5.75 Å². The van der Waals surface area contributed by atoms with Crippen molar-refractivity contribution in [3.63, 3.8) is 0 Å². The Morgan fingerprint density at radius 2 is 1.73 bits per heavy atom. The zero-order chi connectivity index (χ0) is 21.3. The van der Waals surface area contributed by atoms with E-state index in [1.54, 1.807) is 42.7 Å². The number of nitrogens with zero attached hydrogens (tertiary/aromatic N) is 2. The lowest BCUT2D eigenvalue weighted by molar-refractivity contribution is 0.414. The molecule has 1 aliphatic rings. The second-order valence-electron chi connectivity index (χ2n) is 7.72. The molecular formula is C23H26N2O3S2. The van der Waals surface area contributed by atoms with Gasteiger partial charge in [-0.3, -0.25) is 0 Å². The minimum Gasteiger partial charge on any atom is -0.497 e. The van der Waals surface area contributed by atoms with Crippen LogP contribution in [-0.4, -0.2) is 38.9 Å². The molecule has 1 aliphatic heterocycles. The van der Waals surface area contributed by atoms with Crippen LogP contribution in [0.2, 0.25) is 0 Å². The lowest BCUT2D eigenvalue weighted by Crippen LogP contribution is -2.39. The van der Waals surface area contributed by atoms with Gasteiger partial charge in [0.15, 0.2) is 15.0 Å². The Morgan fingerprint density at radius 1 is 1.03 bits per heavy atom. The third-order valence-corrected chi connectivity index (χ3v) is 9.01. The largest absolute Gasteiger partial charge is 0.497 e. The normalized spacial score (nSPS) is 15.4. The highest BCUT2D eigenvalue weighted by atomic mass is 32.2. The minimum absolute atomic E-state index is 0.360. The molecule has 1 saturated heterocycles. The number of piperidine rings is 1. The molecule has 158 valence electrons. The molecule has 30 heavy (non-hydrogen) atoms. The number of aromatic nitrogens is 1. The Kier molecular flexibility index (Phi) is 5.84. The number of aryl methyl sites for hydroxylation is 2. The molecule has 0 saturated carbocycles. The molecule has 0 atom stereocenters. The number of hydrogen-bond acceptors (Lipinski definition) is 6. The quantitative estimate of drug-likeness (QED) is 0.564. The van der Waals surface area contributed by atoms with Crippen LogP contribution in [-0.2, 0) is 9.84 Å². The number of thiazole rings is 1. The molecule has 5 nitrogen and oxygen atoms in total. The van der Waals surface area contributed by atoms with Crippen LogP contribution in [0, 0.1) is 13.8 Å². The SMILES string of the molecule is COc1ccc(S(=O)(=O)C2CCN(c3nc(-c4ccc(C)c(C)c4)cs3)CC2)cc1. The predicted octanol–water partition coefficient (Wildman–Crippen LogP) is 4.88. The second kappa shape index (κ2) is 8.40. The molecule has 4 rings (SSSR count). The van der Waals surface area contributed by atoms with Crippen molar-refractivity contribution in [2.75, 3.05) is 25.1 Å². The molecule has 0 radical (unpaired) electrons. The van der Waals surface area contributed by atoms with Crippen molar-refractivity contribution in [3.05, 3.63) is 59.0 Å². The Labute approximate surface area is 182 Å². The molecule has 0 spiro atoms. The van der Waals surface area contributed by atoms with Gasteiger partial charge < -0.3 is 9.64 Å². The number of hydrogen-bond donors (Lipinski definition) is 0. The highest BCUT2D eigenvalue weighted by molar-refractivity contribution is 7.92. The van der Waals surface area contributed by atoms with E-state index < -0.39 is 9.84 Å². The van der Waals surface area contributed by atoms with E-state index in [1.807, 2.05) is 0 Å². The van der Waals surface area contributed by atoms with Gasteiger partial charge in [-0.25, -0.2) is 13.4 Å². The molecule has 7 heteroatoms. The Hall–Kier alpha value is -2.38. The van der Waals surface area contributed by atoms with Gasteiger partial charge in [-0.05, 0) is 68.1 Å². The maximum Gasteiger partial charge on any atom is 0.185 e. The summed E-state index contributed by atoms with van der Waals surface area (Å²) in [6, 6.07) is 13.1.